The quantitative estimate of drug-likeness (QED) is 0.448. The summed E-state index contributed by atoms with van der Waals surface area (Å²) in [5, 5.41) is 13.5. The van der Waals surface area contributed by atoms with E-state index in [4.69, 9.17) is 10.5 Å². The molecule has 0 spiro atoms. The molecule has 2 aromatic rings. The highest BCUT2D eigenvalue weighted by Gasteiger charge is 2.22. The molecule has 0 aliphatic carbocycles. The summed E-state index contributed by atoms with van der Waals surface area (Å²) in [7, 11) is 0. The Morgan fingerprint density at radius 2 is 1.76 bits per heavy atom. The van der Waals surface area contributed by atoms with Gasteiger partial charge in [0.2, 0.25) is 5.91 Å². The molecule has 2 aromatic carbocycles. The lowest BCUT2D eigenvalue weighted by Crippen LogP contribution is -2.51. The molecule has 1 fully saturated rings. The van der Waals surface area contributed by atoms with Crippen LogP contribution in [0.4, 0.5) is 10.5 Å². The number of hydrogen-bond donors (Lipinski definition) is 2. The molecule has 3 rings (SSSR count). The van der Waals surface area contributed by atoms with Crippen LogP contribution in [-0.2, 0) is 11.2 Å². The molecule has 11 nitrogen and oxygen atoms in total. The monoisotopic (exact) mass is 455 g/mol. The zero-order valence-electron chi connectivity index (χ0n) is 17.9. The first kappa shape index (κ1) is 23.7. The van der Waals surface area contributed by atoms with Crippen LogP contribution in [-0.4, -0.2) is 71.9 Å². The summed E-state index contributed by atoms with van der Waals surface area (Å²) >= 11 is 0. The van der Waals surface area contributed by atoms with Crippen molar-refractivity contribution in [1.29, 1.82) is 0 Å². The van der Waals surface area contributed by atoms with Crippen LogP contribution in [0.25, 0.3) is 0 Å². The predicted molar refractivity (Wildman–Crippen MR) is 119 cm³/mol. The predicted octanol–water partition coefficient (Wildman–Crippen LogP) is 1.17. The maximum Gasteiger partial charge on any atom is 0.415 e. The van der Waals surface area contributed by atoms with Crippen molar-refractivity contribution in [2.45, 2.75) is 6.42 Å². The lowest BCUT2D eigenvalue weighted by Gasteiger charge is -2.33. The van der Waals surface area contributed by atoms with Gasteiger partial charge >= 0.3 is 6.09 Å². The normalized spacial score (nSPS) is 13.9. The molecule has 0 aromatic heterocycles. The Hall–Kier alpha value is -3.99. The van der Waals surface area contributed by atoms with Crippen molar-refractivity contribution < 1.29 is 24.0 Å². The van der Waals surface area contributed by atoms with Gasteiger partial charge in [-0.05, 0) is 29.8 Å². The first-order valence-corrected chi connectivity index (χ1v) is 10.4. The Labute approximate surface area is 190 Å². The highest BCUT2D eigenvalue weighted by molar-refractivity contribution is 5.94. The third-order valence-corrected chi connectivity index (χ3v) is 5.16. The molecule has 1 saturated heterocycles. The number of rotatable bonds is 8. The van der Waals surface area contributed by atoms with E-state index in [1.165, 1.54) is 24.3 Å². The molecule has 1 heterocycles. The standard InChI is InChI=1S/C22H25N5O6/c23-20(28)15-16-2-1-3-17(14-16)21(29)24-8-9-25-10-12-26(13-11-25)22(30)33-19-6-4-18(5-7-19)27(31)32/h1-7,14H,8-13,15H2,(H2,23,28)(H,24,29). The Bertz CT molecular complexity index is 1020. The van der Waals surface area contributed by atoms with Crippen molar-refractivity contribution in [2.75, 3.05) is 39.3 Å². The second-order valence-corrected chi connectivity index (χ2v) is 7.55. The fourth-order valence-electron chi connectivity index (χ4n) is 3.41. The molecule has 0 unspecified atom stereocenters. The maximum absolute atomic E-state index is 12.3. The zero-order chi connectivity index (χ0) is 23.8. The number of hydrogen-bond acceptors (Lipinski definition) is 7. The SMILES string of the molecule is NC(=O)Cc1cccc(C(=O)NCCN2CCN(C(=O)Oc3ccc([N+](=O)[O-])cc3)CC2)c1. The molecule has 1 aliphatic rings. The third-order valence-electron chi connectivity index (χ3n) is 5.16. The van der Waals surface area contributed by atoms with Crippen LogP contribution < -0.4 is 15.8 Å². The van der Waals surface area contributed by atoms with Gasteiger partial charge in [0.25, 0.3) is 11.6 Å². The van der Waals surface area contributed by atoms with Gasteiger partial charge in [-0.2, -0.15) is 0 Å². The van der Waals surface area contributed by atoms with Crippen LogP contribution in [0.5, 0.6) is 5.75 Å². The molecule has 11 heteroatoms. The first-order valence-electron chi connectivity index (χ1n) is 10.4. The van der Waals surface area contributed by atoms with Crippen molar-refractivity contribution in [1.82, 2.24) is 15.1 Å². The van der Waals surface area contributed by atoms with E-state index < -0.39 is 16.9 Å². The average Bonchev–Trinajstić information content (AvgIpc) is 2.79. The molecule has 3 amide bonds. The van der Waals surface area contributed by atoms with E-state index in [9.17, 15) is 24.5 Å². The van der Waals surface area contributed by atoms with E-state index in [2.05, 4.69) is 10.2 Å². The van der Waals surface area contributed by atoms with Crippen LogP contribution in [0.15, 0.2) is 48.5 Å². The van der Waals surface area contributed by atoms with E-state index in [0.717, 1.165) is 0 Å². The van der Waals surface area contributed by atoms with E-state index >= 15 is 0 Å². The lowest BCUT2D eigenvalue weighted by molar-refractivity contribution is -0.384. The topological polar surface area (TPSA) is 148 Å². The number of nitro groups is 1. The molecular formula is C22H25N5O6. The second kappa shape index (κ2) is 11.0. The molecule has 3 N–H and O–H groups in total. The van der Waals surface area contributed by atoms with Crippen molar-refractivity contribution in [2.24, 2.45) is 5.73 Å². The summed E-state index contributed by atoms with van der Waals surface area (Å²) in [5.41, 5.74) is 6.27. The zero-order valence-corrected chi connectivity index (χ0v) is 17.9. The van der Waals surface area contributed by atoms with Gasteiger partial charge in [-0.1, -0.05) is 12.1 Å². The van der Waals surface area contributed by atoms with E-state index in [-0.39, 0.29) is 23.8 Å². The van der Waals surface area contributed by atoms with Gasteiger partial charge in [0, 0.05) is 57.0 Å². The highest BCUT2D eigenvalue weighted by atomic mass is 16.6. The number of carbonyl (C=O) groups is 3. The Morgan fingerprint density at radius 1 is 1.06 bits per heavy atom. The summed E-state index contributed by atoms with van der Waals surface area (Å²) in [5.74, 6) is -0.439. The molecule has 0 bridgehead atoms. The summed E-state index contributed by atoms with van der Waals surface area (Å²) < 4.78 is 5.28. The molecule has 0 radical (unpaired) electrons. The smallest absolute Gasteiger partial charge is 0.410 e. The molecule has 0 atom stereocenters. The fourth-order valence-corrected chi connectivity index (χ4v) is 3.41. The van der Waals surface area contributed by atoms with Gasteiger partial charge in [0.1, 0.15) is 5.75 Å². The first-order chi connectivity index (χ1) is 15.8. The van der Waals surface area contributed by atoms with Crippen LogP contribution in [0.2, 0.25) is 0 Å². The molecular weight excluding hydrogens is 430 g/mol. The number of benzene rings is 2. The summed E-state index contributed by atoms with van der Waals surface area (Å²) in [4.78, 5) is 49.6. The number of carbonyl (C=O) groups excluding carboxylic acids is 3. The van der Waals surface area contributed by atoms with Gasteiger partial charge in [0.05, 0.1) is 11.3 Å². The highest BCUT2D eigenvalue weighted by Crippen LogP contribution is 2.18. The fraction of sp³-hybridized carbons (Fsp3) is 0.318. The van der Waals surface area contributed by atoms with E-state index in [1.54, 1.807) is 29.2 Å². The summed E-state index contributed by atoms with van der Waals surface area (Å²) in [6.45, 7) is 3.24. The molecule has 1 aliphatic heterocycles. The Balaban J connectivity index is 1.38. The lowest BCUT2D eigenvalue weighted by atomic mass is 10.1. The van der Waals surface area contributed by atoms with Crippen molar-refractivity contribution in [3.8, 4) is 5.75 Å². The minimum Gasteiger partial charge on any atom is -0.410 e. The largest absolute Gasteiger partial charge is 0.415 e. The van der Waals surface area contributed by atoms with Crippen LogP contribution in [0.3, 0.4) is 0 Å². The number of nitrogens with one attached hydrogen (secondary N) is 1. The minimum absolute atomic E-state index is 0.0751. The van der Waals surface area contributed by atoms with Crippen molar-refractivity contribution in [3.63, 3.8) is 0 Å². The second-order valence-electron chi connectivity index (χ2n) is 7.55. The van der Waals surface area contributed by atoms with Gasteiger partial charge < -0.3 is 20.7 Å². The van der Waals surface area contributed by atoms with Crippen LogP contribution in [0, 0.1) is 10.1 Å². The van der Waals surface area contributed by atoms with Crippen LogP contribution in [0.1, 0.15) is 15.9 Å². The molecule has 0 saturated carbocycles. The molecule has 33 heavy (non-hydrogen) atoms. The number of primary amides is 1. The van der Waals surface area contributed by atoms with E-state index in [1.807, 2.05) is 0 Å². The molecule has 174 valence electrons. The van der Waals surface area contributed by atoms with Gasteiger partial charge in [-0.15, -0.1) is 0 Å². The van der Waals surface area contributed by atoms with Gasteiger partial charge in [0.15, 0.2) is 0 Å². The number of nitrogens with zero attached hydrogens (tertiary/aromatic N) is 3. The summed E-state index contributed by atoms with van der Waals surface area (Å²) in [6.07, 6.45) is -0.425. The Morgan fingerprint density at radius 3 is 2.39 bits per heavy atom. The van der Waals surface area contributed by atoms with Crippen molar-refractivity contribution >= 4 is 23.6 Å². The number of nitro benzene ring substituents is 1. The summed E-state index contributed by atoms with van der Waals surface area (Å²) in [6, 6.07) is 12.1. The van der Waals surface area contributed by atoms with Crippen molar-refractivity contribution in [3.05, 3.63) is 69.8 Å². The van der Waals surface area contributed by atoms with E-state index in [0.29, 0.717) is 50.4 Å². The number of amides is 3. The number of ether oxygens (including phenoxy) is 1. The van der Waals surface area contributed by atoms with Crippen LogP contribution >= 0.6 is 0 Å². The maximum atomic E-state index is 12.3. The minimum atomic E-state index is -0.519. The Kier molecular flexibility index (Phi) is 7.92. The van der Waals surface area contributed by atoms with Gasteiger partial charge in [-0.3, -0.25) is 24.6 Å². The number of non-ortho nitro benzene ring substituents is 1. The average molecular weight is 455 g/mol. The number of nitrogens with two attached hydrogens (primary N) is 1. The number of piperazine rings is 1. The van der Waals surface area contributed by atoms with Gasteiger partial charge in [-0.25, -0.2) is 4.79 Å². The third kappa shape index (κ3) is 7.01.